The van der Waals surface area contributed by atoms with Gasteiger partial charge < -0.3 is 14.6 Å². The zero-order valence-electron chi connectivity index (χ0n) is 11.6. The lowest BCUT2D eigenvalue weighted by atomic mass is 10.1. The van der Waals surface area contributed by atoms with Crippen molar-refractivity contribution < 1.29 is 24.2 Å². The molecule has 0 radical (unpaired) electrons. The third kappa shape index (κ3) is 4.55. The summed E-state index contributed by atoms with van der Waals surface area (Å²) in [6.45, 7) is 3.33. The molecule has 0 saturated heterocycles. The maximum absolute atomic E-state index is 11.6. The van der Waals surface area contributed by atoms with Gasteiger partial charge in [-0.25, -0.2) is 9.59 Å². The predicted molar refractivity (Wildman–Crippen MR) is 71.6 cm³/mol. The van der Waals surface area contributed by atoms with E-state index in [1.165, 1.54) is 0 Å². The van der Waals surface area contributed by atoms with Crippen LogP contribution in [-0.4, -0.2) is 29.5 Å². The minimum Gasteiger partial charge on any atom is -0.462 e. The summed E-state index contributed by atoms with van der Waals surface area (Å²) in [6, 6.07) is 9.07. The molecule has 0 heterocycles. The molecular weight excluding hydrogens is 262 g/mol. The summed E-state index contributed by atoms with van der Waals surface area (Å²) in [5, 5.41) is 12.1. The predicted octanol–water partition coefficient (Wildman–Crippen LogP) is 1.57. The van der Waals surface area contributed by atoms with Crippen LogP contribution in [0.15, 0.2) is 30.3 Å². The molecular formula is C14H19NO5. The lowest BCUT2D eigenvalue weighted by molar-refractivity contribution is -0.168. The van der Waals surface area contributed by atoms with Crippen LogP contribution in [-0.2, 0) is 20.9 Å². The van der Waals surface area contributed by atoms with Gasteiger partial charge in [0.05, 0.1) is 6.61 Å². The summed E-state index contributed by atoms with van der Waals surface area (Å²) in [7, 11) is 0. The second-order valence-corrected chi connectivity index (χ2v) is 4.12. The fourth-order valence-corrected chi connectivity index (χ4v) is 1.46. The first-order valence-corrected chi connectivity index (χ1v) is 6.40. The lowest BCUT2D eigenvalue weighted by Crippen LogP contribution is -2.55. The molecule has 0 aliphatic heterocycles. The number of hydrogen-bond donors (Lipinski definition) is 2. The van der Waals surface area contributed by atoms with Crippen molar-refractivity contribution >= 4 is 12.1 Å². The van der Waals surface area contributed by atoms with E-state index in [-0.39, 0.29) is 19.6 Å². The molecule has 1 atom stereocenters. The maximum Gasteiger partial charge on any atom is 0.410 e. The number of benzene rings is 1. The molecule has 0 aromatic heterocycles. The Morgan fingerprint density at radius 1 is 1.20 bits per heavy atom. The standard InChI is InChI=1S/C14H19NO5/c1-3-14(18,12(16)19-4-2)15-13(17)20-10-11-8-6-5-7-9-11/h5-9,18H,3-4,10H2,1-2H3,(H,15,17). The molecule has 1 aromatic rings. The summed E-state index contributed by atoms with van der Waals surface area (Å²) in [6.07, 6.45) is -0.905. The molecule has 0 saturated carbocycles. The van der Waals surface area contributed by atoms with Crippen LogP contribution >= 0.6 is 0 Å². The van der Waals surface area contributed by atoms with Crippen LogP contribution < -0.4 is 5.32 Å². The highest BCUT2D eigenvalue weighted by molar-refractivity contribution is 5.83. The molecule has 1 rings (SSSR count). The van der Waals surface area contributed by atoms with Crippen molar-refractivity contribution in [2.24, 2.45) is 0 Å². The molecule has 2 N–H and O–H groups in total. The molecule has 20 heavy (non-hydrogen) atoms. The Kier molecular flexibility index (Phi) is 5.99. The molecule has 0 aliphatic carbocycles. The van der Waals surface area contributed by atoms with Crippen molar-refractivity contribution in [1.82, 2.24) is 5.32 Å². The quantitative estimate of drug-likeness (QED) is 0.611. The highest BCUT2D eigenvalue weighted by Crippen LogP contribution is 2.09. The number of hydrogen-bond acceptors (Lipinski definition) is 5. The Labute approximate surface area is 117 Å². The Morgan fingerprint density at radius 3 is 2.40 bits per heavy atom. The molecule has 0 spiro atoms. The second kappa shape index (κ2) is 7.49. The Bertz CT molecular complexity index is 448. The van der Waals surface area contributed by atoms with Gasteiger partial charge in [-0.2, -0.15) is 0 Å². The van der Waals surface area contributed by atoms with E-state index in [0.717, 1.165) is 5.56 Å². The van der Waals surface area contributed by atoms with Gasteiger partial charge in [-0.05, 0) is 12.5 Å². The van der Waals surface area contributed by atoms with E-state index >= 15 is 0 Å². The van der Waals surface area contributed by atoms with Crippen molar-refractivity contribution in [1.29, 1.82) is 0 Å². The Morgan fingerprint density at radius 2 is 1.85 bits per heavy atom. The minimum absolute atomic E-state index is 0.0216. The number of rotatable bonds is 6. The molecule has 0 bridgehead atoms. The number of ether oxygens (including phenoxy) is 2. The summed E-state index contributed by atoms with van der Waals surface area (Å²) in [5.41, 5.74) is -1.26. The van der Waals surface area contributed by atoms with Crippen molar-refractivity contribution in [3.8, 4) is 0 Å². The molecule has 1 amide bonds. The van der Waals surface area contributed by atoms with Crippen LogP contribution in [0.1, 0.15) is 25.8 Å². The smallest absolute Gasteiger partial charge is 0.410 e. The van der Waals surface area contributed by atoms with Gasteiger partial charge in [-0.3, -0.25) is 5.32 Å². The number of carbonyl (C=O) groups excluding carboxylic acids is 2. The molecule has 1 unspecified atom stereocenters. The third-order valence-corrected chi connectivity index (χ3v) is 2.65. The van der Waals surface area contributed by atoms with Gasteiger partial charge >= 0.3 is 12.1 Å². The van der Waals surface area contributed by atoms with E-state index in [9.17, 15) is 14.7 Å². The van der Waals surface area contributed by atoms with E-state index in [1.807, 2.05) is 18.2 Å². The normalized spacial score (nSPS) is 13.2. The Balaban J connectivity index is 2.53. The summed E-state index contributed by atoms with van der Waals surface area (Å²) in [5.74, 6) is -0.904. The van der Waals surface area contributed by atoms with Gasteiger partial charge in [0.15, 0.2) is 0 Å². The van der Waals surface area contributed by atoms with E-state index in [0.29, 0.717) is 0 Å². The summed E-state index contributed by atoms with van der Waals surface area (Å²) >= 11 is 0. The number of aliphatic hydroxyl groups is 1. The zero-order chi connectivity index (χ0) is 15.0. The van der Waals surface area contributed by atoms with Gasteiger partial charge in [0.1, 0.15) is 6.61 Å². The van der Waals surface area contributed by atoms with Crippen molar-refractivity contribution in [2.45, 2.75) is 32.6 Å². The van der Waals surface area contributed by atoms with E-state index in [1.54, 1.807) is 26.0 Å². The largest absolute Gasteiger partial charge is 0.462 e. The highest BCUT2D eigenvalue weighted by atomic mass is 16.6. The molecule has 6 heteroatoms. The first-order chi connectivity index (χ1) is 9.51. The maximum atomic E-state index is 11.6. The number of carbonyl (C=O) groups is 2. The van der Waals surface area contributed by atoms with Crippen LogP contribution in [0, 0.1) is 0 Å². The van der Waals surface area contributed by atoms with Gasteiger partial charge in [0.2, 0.25) is 5.72 Å². The van der Waals surface area contributed by atoms with Gasteiger partial charge in [0.25, 0.3) is 0 Å². The Hall–Kier alpha value is -2.08. The first-order valence-electron chi connectivity index (χ1n) is 6.40. The molecule has 1 aromatic carbocycles. The first kappa shape index (κ1) is 16.0. The van der Waals surface area contributed by atoms with Crippen LogP contribution in [0.4, 0.5) is 4.79 Å². The number of nitrogens with one attached hydrogen (secondary N) is 1. The SMILES string of the molecule is CCOC(=O)C(O)(CC)NC(=O)OCc1ccccc1. The lowest BCUT2D eigenvalue weighted by Gasteiger charge is -2.24. The van der Waals surface area contributed by atoms with E-state index in [2.05, 4.69) is 5.32 Å². The second-order valence-electron chi connectivity index (χ2n) is 4.12. The third-order valence-electron chi connectivity index (χ3n) is 2.65. The van der Waals surface area contributed by atoms with Gasteiger partial charge in [0, 0.05) is 6.42 Å². The molecule has 6 nitrogen and oxygen atoms in total. The number of esters is 1. The summed E-state index contributed by atoms with van der Waals surface area (Å²) < 4.78 is 9.64. The van der Waals surface area contributed by atoms with Crippen LogP contribution in [0.3, 0.4) is 0 Å². The average molecular weight is 281 g/mol. The van der Waals surface area contributed by atoms with Crippen LogP contribution in [0.25, 0.3) is 0 Å². The van der Waals surface area contributed by atoms with Crippen LogP contribution in [0.2, 0.25) is 0 Å². The van der Waals surface area contributed by atoms with Crippen molar-refractivity contribution in [3.63, 3.8) is 0 Å². The van der Waals surface area contributed by atoms with Gasteiger partial charge in [-0.1, -0.05) is 37.3 Å². The topological polar surface area (TPSA) is 84.9 Å². The van der Waals surface area contributed by atoms with Crippen molar-refractivity contribution in [3.05, 3.63) is 35.9 Å². The zero-order valence-corrected chi connectivity index (χ0v) is 11.6. The fourth-order valence-electron chi connectivity index (χ4n) is 1.46. The number of amides is 1. The molecule has 110 valence electrons. The van der Waals surface area contributed by atoms with Gasteiger partial charge in [-0.15, -0.1) is 0 Å². The van der Waals surface area contributed by atoms with E-state index < -0.39 is 17.8 Å². The fraction of sp³-hybridized carbons (Fsp3) is 0.429. The van der Waals surface area contributed by atoms with Crippen molar-refractivity contribution in [2.75, 3.05) is 6.61 Å². The number of alkyl carbamates (subject to hydrolysis) is 1. The molecule has 0 fully saturated rings. The molecule has 0 aliphatic rings. The minimum atomic E-state index is -2.07. The highest BCUT2D eigenvalue weighted by Gasteiger charge is 2.38. The monoisotopic (exact) mass is 281 g/mol. The van der Waals surface area contributed by atoms with Crippen LogP contribution in [0.5, 0.6) is 0 Å². The summed E-state index contributed by atoms with van der Waals surface area (Å²) in [4.78, 5) is 23.2. The van der Waals surface area contributed by atoms with E-state index in [4.69, 9.17) is 9.47 Å². The average Bonchev–Trinajstić information content (AvgIpc) is 2.46.